The molecule has 0 saturated heterocycles. The number of aliphatic hydroxyl groups is 1. The average molecular weight is 211 g/mol. The summed E-state index contributed by atoms with van der Waals surface area (Å²) in [5, 5.41) is 12.2. The summed E-state index contributed by atoms with van der Waals surface area (Å²) in [6.45, 7) is 2.24. The van der Waals surface area contributed by atoms with Gasteiger partial charge in [-0.3, -0.25) is 0 Å². The lowest BCUT2D eigenvalue weighted by Crippen LogP contribution is -2.15. The van der Waals surface area contributed by atoms with Crippen LogP contribution in [0, 0.1) is 0 Å². The third-order valence-electron chi connectivity index (χ3n) is 1.99. The molecule has 0 amide bonds. The van der Waals surface area contributed by atoms with Crippen LogP contribution in [0.2, 0.25) is 0 Å². The lowest BCUT2D eigenvalue weighted by molar-refractivity contribution is 0.208. The van der Waals surface area contributed by atoms with Gasteiger partial charge in [-0.25, -0.2) is 0 Å². The average Bonchev–Trinajstić information content (AvgIpc) is 2.25. The molecular formula is C11H17NO3. The molecule has 0 heterocycles. The number of ether oxygens (including phenoxy) is 2. The van der Waals surface area contributed by atoms with E-state index < -0.39 is 0 Å². The fraction of sp³-hybridized carbons (Fsp3) is 0.455. The number of rotatable bonds is 5. The standard InChI is InChI=1S/C11H17NO3/c1-8(13)7-12-9-4-5-10(14-2)11(6-9)15-3/h4-6,8,12-13H,7H2,1-3H3. The molecule has 84 valence electrons. The van der Waals surface area contributed by atoms with Crippen molar-refractivity contribution >= 4 is 5.69 Å². The van der Waals surface area contributed by atoms with E-state index in [1.807, 2.05) is 18.2 Å². The molecule has 1 unspecified atom stereocenters. The maximum absolute atomic E-state index is 9.12. The highest BCUT2D eigenvalue weighted by Crippen LogP contribution is 2.29. The SMILES string of the molecule is COc1ccc(NCC(C)O)cc1OC. The van der Waals surface area contributed by atoms with Gasteiger partial charge in [0.05, 0.1) is 20.3 Å². The monoisotopic (exact) mass is 211 g/mol. The van der Waals surface area contributed by atoms with Gasteiger partial charge in [0.2, 0.25) is 0 Å². The summed E-state index contributed by atoms with van der Waals surface area (Å²) >= 11 is 0. The second kappa shape index (κ2) is 5.46. The Morgan fingerprint density at radius 1 is 1.27 bits per heavy atom. The fourth-order valence-electron chi connectivity index (χ4n) is 1.21. The maximum Gasteiger partial charge on any atom is 0.162 e. The van der Waals surface area contributed by atoms with Crippen LogP contribution in [0.25, 0.3) is 0 Å². The molecule has 0 aliphatic rings. The molecule has 1 aromatic rings. The molecule has 0 fully saturated rings. The van der Waals surface area contributed by atoms with Gasteiger partial charge < -0.3 is 19.9 Å². The third kappa shape index (κ3) is 3.32. The van der Waals surface area contributed by atoms with Crippen molar-refractivity contribution in [2.75, 3.05) is 26.1 Å². The molecular weight excluding hydrogens is 194 g/mol. The smallest absolute Gasteiger partial charge is 0.162 e. The molecule has 0 saturated carbocycles. The zero-order chi connectivity index (χ0) is 11.3. The van der Waals surface area contributed by atoms with Gasteiger partial charge in [-0.1, -0.05) is 0 Å². The van der Waals surface area contributed by atoms with Gasteiger partial charge in [0.1, 0.15) is 0 Å². The predicted molar refractivity (Wildman–Crippen MR) is 59.7 cm³/mol. The van der Waals surface area contributed by atoms with E-state index in [1.54, 1.807) is 21.1 Å². The molecule has 2 N–H and O–H groups in total. The van der Waals surface area contributed by atoms with Crippen molar-refractivity contribution in [3.63, 3.8) is 0 Å². The van der Waals surface area contributed by atoms with Crippen molar-refractivity contribution in [3.8, 4) is 11.5 Å². The van der Waals surface area contributed by atoms with Crippen LogP contribution in [-0.2, 0) is 0 Å². The lowest BCUT2D eigenvalue weighted by atomic mass is 10.2. The zero-order valence-corrected chi connectivity index (χ0v) is 9.28. The maximum atomic E-state index is 9.12. The van der Waals surface area contributed by atoms with Crippen molar-refractivity contribution in [2.45, 2.75) is 13.0 Å². The number of anilines is 1. The molecule has 1 aromatic carbocycles. The first kappa shape index (κ1) is 11.7. The lowest BCUT2D eigenvalue weighted by Gasteiger charge is -2.12. The van der Waals surface area contributed by atoms with E-state index in [9.17, 15) is 0 Å². The van der Waals surface area contributed by atoms with E-state index in [4.69, 9.17) is 14.6 Å². The number of hydrogen-bond donors (Lipinski definition) is 2. The number of benzene rings is 1. The van der Waals surface area contributed by atoms with Gasteiger partial charge in [0.25, 0.3) is 0 Å². The Morgan fingerprint density at radius 2 is 1.93 bits per heavy atom. The summed E-state index contributed by atoms with van der Waals surface area (Å²) in [5.74, 6) is 1.37. The fourth-order valence-corrected chi connectivity index (χ4v) is 1.21. The Hall–Kier alpha value is -1.42. The molecule has 1 rings (SSSR count). The molecule has 0 bridgehead atoms. The quantitative estimate of drug-likeness (QED) is 0.775. The molecule has 0 radical (unpaired) electrons. The van der Waals surface area contributed by atoms with Crippen LogP contribution in [0.15, 0.2) is 18.2 Å². The summed E-state index contributed by atoms with van der Waals surface area (Å²) in [5.41, 5.74) is 0.897. The van der Waals surface area contributed by atoms with E-state index in [2.05, 4.69) is 5.32 Å². The number of nitrogens with one attached hydrogen (secondary N) is 1. The van der Waals surface area contributed by atoms with Crippen LogP contribution in [0.1, 0.15) is 6.92 Å². The summed E-state index contributed by atoms with van der Waals surface area (Å²) in [7, 11) is 3.19. The van der Waals surface area contributed by atoms with Crippen molar-refractivity contribution in [3.05, 3.63) is 18.2 Å². The number of hydrogen-bond acceptors (Lipinski definition) is 4. The Morgan fingerprint density at radius 3 is 2.47 bits per heavy atom. The highest BCUT2D eigenvalue weighted by molar-refractivity contribution is 5.54. The minimum absolute atomic E-state index is 0.377. The largest absolute Gasteiger partial charge is 0.493 e. The molecule has 0 aromatic heterocycles. The zero-order valence-electron chi connectivity index (χ0n) is 9.28. The van der Waals surface area contributed by atoms with Gasteiger partial charge in [0, 0.05) is 18.3 Å². The Balaban J connectivity index is 2.74. The molecule has 0 aliphatic carbocycles. The van der Waals surface area contributed by atoms with Crippen molar-refractivity contribution in [1.29, 1.82) is 0 Å². The molecule has 0 spiro atoms. The second-order valence-corrected chi connectivity index (χ2v) is 3.30. The van der Waals surface area contributed by atoms with Gasteiger partial charge in [-0.2, -0.15) is 0 Å². The first-order valence-corrected chi connectivity index (χ1v) is 4.81. The van der Waals surface area contributed by atoms with E-state index in [-0.39, 0.29) is 6.10 Å². The first-order chi connectivity index (χ1) is 7.17. The molecule has 4 heteroatoms. The topological polar surface area (TPSA) is 50.7 Å². The molecule has 4 nitrogen and oxygen atoms in total. The van der Waals surface area contributed by atoms with Crippen LogP contribution < -0.4 is 14.8 Å². The highest BCUT2D eigenvalue weighted by atomic mass is 16.5. The summed E-state index contributed by atoms with van der Waals surface area (Å²) in [6.07, 6.45) is -0.377. The van der Waals surface area contributed by atoms with Crippen molar-refractivity contribution in [2.24, 2.45) is 0 Å². The van der Waals surface area contributed by atoms with Gasteiger partial charge >= 0.3 is 0 Å². The minimum atomic E-state index is -0.377. The van der Waals surface area contributed by atoms with E-state index in [0.717, 1.165) is 5.69 Å². The Labute approximate surface area is 89.8 Å². The van der Waals surface area contributed by atoms with Crippen molar-refractivity contribution < 1.29 is 14.6 Å². The molecule has 0 aliphatic heterocycles. The van der Waals surface area contributed by atoms with E-state index in [1.165, 1.54) is 0 Å². The highest BCUT2D eigenvalue weighted by Gasteiger charge is 2.04. The minimum Gasteiger partial charge on any atom is -0.493 e. The Kier molecular flexibility index (Phi) is 4.24. The summed E-state index contributed by atoms with van der Waals surface area (Å²) in [4.78, 5) is 0. The van der Waals surface area contributed by atoms with E-state index in [0.29, 0.717) is 18.0 Å². The third-order valence-corrected chi connectivity index (χ3v) is 1.99. The first-order valence-electron chi connectivity index (χ1n) is 4.81. The van der Waals surface area contributed by atoms with Crippen LogP contribution >= 0.6 is 0 Å². The van der Waals surface area contributed by atoms with E-state index >= 15 is 0 Å². The normalized spacial score (nSPS) is 12.0. The van der Waals surface area contributed by atoms with Gasteiger partial charge in [0.15, 0.2) is 11.5 Å². The molecule has 1 atom stereocenters. The number of aliphatic hydroxyl groups excluding tert-OH is 1. The van der Waals surface area contributed by atoms with Crippen molar-refractivity contribution in [1.82, 2.24) is 0 Å². The second-order valence-electron chi connectivity index (χ2n) is 3.30. The van der Waals surface area contributed by atoms with Crippen LogP contribution in [0.4, 0.5) is 5.69 Å². The van der Waals surface area contributed by atoms with Crippen LogP contribution in [0.3, 0.4) is 0 Å². The van der Waals surface area contributed by atoms with Gasteiger partial charge in [-0.05, 0) is 19.1 Å². The predicted octanol–water partition coefficient (Wildman–Crippen LogP) is 1.50. The summed E-state index contributed by atoms with van der Waals surface area (Å²) in [6, 6.07) is 5.54. The van der Waals surface area contributed by atoms with Crippen LogP contribution in [-0.4, -0.2) is 32.0 Å². The van der Waals surface area contributed by atoms with Crippen LogP contribution in [0.5, 0.6) is 11.5 Å². The summed E-state index contributed by atoms with van der Waals surface area (Å²) < 4.78 is 10.3. The Bertz CT molecular complexity index is 313. The molecule has 15 heavy (non-hydrogen) atoms. The van der Waals surface area contributed by atoms with Gasteiger partial charge in [-0.15, -0.1) is 0 Å². The number of methoxy groups -OCH3 is 2.